The molecule has 0 unspecified atom stereocenters. The van der Waals surface area contributed by atoms with Crippen molar-refractivity contribution in [1.82, 2.24) is 15.5 Å². The average molecular weight is 253 g/mol. The highest BCUT2D eigenvalue weighted by Crippen LogP contribution is 2.05. The van der Waals surface area contributed by atoms with E-state index in [9.17, 15) is 4.79 Å². The van der Waals surface area contributed by atoms with E-state index in [4.69, 9.17) is 4.42 Å². The monoisotopic (exact) mass is 253 g/mol. The van der Waals surface area contributed by atoms with Crippen molar-refractivity contribution in [2.45, 2.75) is 65.3 Å². The number of hydrogen-bond donors (Lipinski definition) is 1. The van der Waals surface area contributed by atoms with E-state index in [1.165, 1.54) is 19.3 Å². The summed E-state index contributed by atoms with van der Waals surface area (Å²) in [6.45, 7) is 4.47. The van der Waals surface area contributed by atoms with Gasteiger partial charge in [-0.05, 0) is 6.42 Å². The summed E-state index contributed by atoms with van der Waals surface area (Å²) in [5.74, 6) is 1.15. The topological polar surface area (TPSA) is 68.0 Å². The van der Waals surface area contributed by atoms with Gasteiger partial charge >= 0.3 is 0 Å². The number of hydrogen-bond acceptors (Lipinski definition) is 4. The lowest BCUT2D eigenvalue weighted by atomic mass is 10.1. The Hall–Kier alpha value is -1.39. The standard InChI is InChI=1S/C13H23N3O2/c1-3-5-6-7-8-9-11(17)14-10-13-16-15-12(4-2)18-13/h3-10H2,1-2H3,(H,14,17). The van der Waals surface area contributed by atoms with Gasteiger partial charge in [-0.2, -0.15) is 0 Å². The predicted octanol–water partition coefficient (Wildman–Crippen LogP) is 2.61. The van der Waals surface area contributed by atoms with E-state index in [0.29, 0.717) is 24.7 Å². The molecule has 5 heteroatoms. The number of rotatable bonds is 9. The molecule has 18 heavy (non-hydrogen) atoms. The quantitative estimate of drug-likeness (QED) is 0.687. The first-order valence-electron chi connectivity index (χ1n) is 6.84. The molecule has 0 bridgehead atoms. The summed E-state index contributed by atoms with van der Waals surface area (Å²) in [6.07, 6.45) is 7.08. The maximum absolute atomic E-state index is 11.5. The lowest BCUT2D eigenvalue weighted by Crippen LogP contribution is -2.22. The van der Waals surface area contributed by atoms with Crippen LogP contribution in [0.2, 0.25) is 0 Å². The van der Waals surface area contributed by atoms with E-state index in [2.05, 4.69) is 22.4 Å². The molecule has 0 aliphatic heterocycles. The number of carbonyl (C=O) groups excluding carboxylic acids is 1. The van der Waals surface area contributed by atoms with Gasteiger partial charge < -0.3 is 9.73 Å². The lowest BCUT2D eigenvalue weighted by Gasteiger charge is -2.02. The zero-order valence-corrected chi connectivity index (χ0v) is 11.4. The molecule has 0 aliphatic carbocycles. The molecule has 0 saturated heterocycles. The molecule has 0 atom stereocenters. The third-order valence-electron chi connectivity index (χ3n) is 2.76. The van der Waals surface area contributed by atoms with Crippen molar-refractivity contribution in [2.75, 3.05) is 0 Å². The van der Waals surface area contributed by atoms with Gasteiger partial charge in [-0.1, -0.05) is 39.5 Å². The van der Waals surface area contributed by atoms with Gasteiger partial charge in [-0.3, -0.25) is 4.79 Å². The SMILES string of the molecule is CCCCCCCC(=O)NCc1nnc(CC)o1. The molecular weight excluding hydrogens is 230 g/mol. The van der Waals surface area contributed by atoms with Crippen LogP contribution in [0.15, 0.2) is 4.42 Å². The van der Waals surface area contributed by atoms with Gasteiger partial charge in [0.05, 0.1) is 6.54 Å². The summed E-state index contributed by atoms with van der Waals surface area (Å²) in [5.41, 5.74) is 0. The molecule has 1 amide bonds. The molecular formula is C13H23N3O2. The van der Waals surface area contributed by atoms with Gasteiger partial charge in [0.2, 0.25) is 17.7 Å². The Balaban J connectivity index is 2.09. The molecule has 0 aliphatic rings. The van der Waals surface area contributed by atoms with E-state index in [1.807, 2.05) is 6.92 Å². The molecule has 0 fully saturated rings. The van der Waals surface area contributed by atoms with Crippen molar-refractivity contribution in [1.29, 1.82) is 0 Å². The van der Waals surface area contributed by atoms with Crippen LogP contribution < -0.4 is 5.32 Å². The van der Waals surface area contributed by atoms with Crippen molar-refractivity contribution in [3.63, 3.8) is 0 Å². The minimum Gasteiger partial charge on any atom is -0.423 e. The average Bonchev–Trinajstić information content (AvgIpc) is 2.84. The molecule has 1 rings (SSSR count). The molecule has 1 N–H and O–H groups in total. The second-order valence-electron chi connectivity index (χ2n) is 4.38. The minimum atomic E-state index is 0.0581. The van der Waals surface area contributed by atoms with Crippen LogP contribution >= 0.6 is 0 Å². The van der Waals surface area contributed by atoms with Crippen molar-refractivity contribution in [3.8, 4) is 0 Å². The largest absolute Gasteiger partial charge is 0.423 e. The number of aromatic nitrogens is 2. The Morgan fingerprint density at radius 1 is 1.11 bits per heavy atom. The van der Waals surface area contributed by atoms with Crippen LogP contribution in [0.5, 0.6) is 0 Å². The fraction of sp³-hybridized carbons (Fsp3) is 0.769. The lowest BCUT2D eigenvalue weighted by molar-refractivity contribution is -0.121. The zero-order chi connectivity index (χ0) is 13.2. The second-order valence-corrected chi connectivity index (χ2v) is 4.38. The van der Waals surface area contributed by atoms with Crippen LogP contribution in [0.25, 0.3) is 0 Å². The van der Waals surface area contributed by atoms with Gasteiger partial charge in [0.25, 0.3) is 0 Å². The third-order valence-corrected chi connectivity index (χ3v) is 2.76. The number of nitrogens with one attached hydrogen (secondary N) is 1. The Morgan fingerprint density at radius 2 is 1.83 bits per heavy atom. The van der Waals surface area contributed by atoms with Crippen LogP contribution in [0.4, 0.5) is 0 Å². The van der Waals surface area contributed by atoms with Gasteiger partial charge in [0.15, 0.2) is 0 Å². The first-order valence-corrected chi connectivity index (χ1v) is 6.84. The Morgan fingerprint density at radius 3 is 2.50 bits per heavy atom. The van der Waals surface area contributed by atoms with Crippen LogP contribution in [-0.4, -0.2) is 16.1 Å². The first-order chi connectivity index (χ1) is 8.76. The molecule has 0 spiro atoms. The van der Waals surface area contributed by atoms with Gasteiger partial charge in [-0.25, -0.2) is 0 Å². The van der Waals surface area contributed by atoms with E-state index < -0.39 is 0 Å². The molecule has 1 aromatic heterocycles. The normalized spacial score (nSPS) is 10.6. The van der Waals surface area contributed by atoms with Crippen LogP contribution in [0.1, 0.15) is 64.2 Å². The molecule has 5 nitrogen and oxygen atoms in total. The molecule has 1 aromatic rings. The summed E-state index contributed by atoms with van der Waals surface area (Å²) in [6, 6.07) is 0. The van der Waals surface area contributed by atoms with E-state index >= 15 is 0 Å². The number of carbonyl (C=O) groups is 1. The van der Waals surface area contributed by atoms with Gasteiger partial charge in [-0.15, -0.1) is 10.2 Å². The maximum Gasteiger partial charge on any atom is 0.235 e. The molecule has 0 aromatic carbocycles. The van der Waals surface area contributed by atoms with Crippen molar-refractivity contribution >= 4 is 5.91 Å². The number of amides is 1. The fourth-order valence-corrected chi connectivity index (χ4v) is 1.65. The second kappa shape index (κ2) is 8.66. The highest BCUT2D eigenvalue weighted by Gasteiger charge is 2.06. The minimum absolute atomic E-state index is 0.0581. The van der Waals surface area contributed by atoms with E-state index in [-0.39, 0.29) is 5.91 Å². The molecule has 0 saturated carbocycles. The molecule has 102 valence electrons. The maximum atomic E-state index is 11.5. The predicted molar refractivity (Wildman–Crippen MR) is 68.9 cm³/mol. The summed E-state index contributed by atoms with van der Waals surface area (Å²) >= 11 is 0. The van der Waals surface area contributed by atoms with E-state index in [1.54, 1.807) is 0 Å². The zero-order valence-electron chi connectivity index (χ0n) is 11.4. The third kappa shape index (κ3) is 5.80. The van der Waals surface area contributed by atoms with E-state index in [0.717, 1.165) is 19.3 Å². The van der Waals surface area contributed by atoms with Crippen molar-refractivity contribution in [2.24, 2.45) is 0 Å². The first kappa shape index (κ1) is 14.7. The number of unbranched alkanes of at least 4 members (excludes halogenated alkanes) is 4. The molecule has 1 heterocycles. The highest BCUT2D eigenvalue weighted by atomic mass is 16.4. The Kier molecular flexibility index (Phi) is 7.06. The smallest absolute Gasteiger partial charge is 0.235 e. The summed E-state index contributed by atoms with van der Waals surface area (Å²) in [5, 5.41) is 10.5. The summed E-state index contributed by atoms with van der Waals surface area (Å²) in [7, 11) is 0. The summed E-state index contributed by atoms with van der Waals surface area (Å²) < 4.78 is 5.30. The van der Waals surface area contributed by atoms with Crippen LogP contribution in [0.3, 0.4) is 0 Å². The fourth-order valence-electron chi connectivity index (χ4n) is 1.65. The molecule has 0 radical (unpaired) electrons. The summed E-state index contributed by atoms with van der Waals surface area (Å²) in [4.78, 5) is 11.5. The van der Waals surface area contributed by atoms with Gasteiger partial charge in [0.1, 0.15) is 0 Å². The number of aryl methyl sites for hydroxylation is 1. The van der Waals surface area contributed by atoms with Crippen molar-refractivity contribution < 1.29 is 9.21 Å². The number of nitrogens with zero attached hydrogens (tertiary/aromatic N) is 2. The Bertz CT molecular complexity index is 350. The van der Waals surface area contributed by atoms with Crippen LogP contribution in [-0.2, 0) is 17.8 Å². The highest BCUT2D eigenvalue weighted by molar-refractivity contribution is 5.75. The Labute approximate surface area is 108 Å². The van der Waals surface area contributed by atoms with Gasteiger partial charge in [0, 0.05) is 12.8 Å². The van der Waals surface area contributed by atoms with Crippen molar-refractivity contribution in [3.05, 3.63) is 11.8 Å². The van der Waals surface area contributed by atoms with Crippen LogP contribution in [0, 0.1) is 0 Å².